The second-order valence-electron chi connectivity index (χ2n) is 3.64. The molecule has 0 amide bonds. The number of hydrogen-bond donors (Lipinski definition) is 1. The summed E-state index contributed by atoms with van der Waals surface area (Å²) in [5.41, 5.74) is 1.72. The number of H-pyrrole nitrogens is 1. The molecule has 5 nitrogen and oxygen atoms in total. The molecule has 0 bridgehead atoms. The van der Waals surface area contributed by atoms with Crippen molar-refractivity contribution in [1.29, 1.82) is 0 Å². The molecule has 3 heterocycles. The molecule has 0 aliphatic carbocycles. The Morgan fingerprint density at radius 1 is 1.44 bits per heavy atom. The molecule has 0 radical (unpaired) electrons. The van der Waals surface area contributed by atoms with Crippen LogP contribution in [0.1, 0.15) is 12.1 Å². The molecule has 0 saturated heterocycles. The Kier molecular flexibility index (Phi) is 1.96. The smallest absolute Gasteiger partial charge is 0.251 e. The fraction of sp³-hybridized carbons (Fsp3) is 0.182. The minimum Gasteiger partial charge on any atom is -0.306 e. The van der Waals surface area contributed by atoms with E-state index in [0.29, 0.717) is 5.82 Å². The van der Waals surface area contributed by atoms with E-state index in [1.54, 1.807) is 6.20 Å². The molecule has 5 heteroatoms. The molecule has 1 N–H and O–H groups in total. The van der Waals surface area contributed by atoms with Gasteiger partial charge in [-0.2, -0.15) is 5.10 Å². The Morgan fingerprint density at radius 3 is 3.25 bits per heavy atom. The van der Waals surface area contributed by atoms with Crippen molar-refractivity contribution in [1.82, 2.24) is 19.7 Å². The van der Waals surface area contributed by atoms with Crippen molar-refractivity contribution in [3.8, 4) is 11.4 Å². The predicted octanol–water partition coefficient (Wildman–Crippen LogP) is 1.05. The third-order valence-corrected chi connectivity index (χ3v) is 2.59. The molecular weight excluding hydrogens is 204 g/mol. The summed E-state index contributed by atoms with van der Waals surface area (Å²) in [4.78, 5) is 18.1. The lowest BCUT2D eigenvalue weighted by atomic mass is 10.1. The van der Waals surface area contributed by atoms with Crippen LogP contribution in [0.15, 0.2) is 29.3 Å². The van der Waals surface area contributed by atoms with E-state index in [0.717, 1.165) is 24.2 Å². The van der Waals surface area contributed by atoms with Crippen LogP contribution < -0.4 is 5.56 Å². The highest BCUT2D eigenvalue weighted by atomic mass is 16.1. The van der Waals surface area contributed by atoms with Crippen molar-refractivity contribution >= 4 is 6.08 Å². The van der Waals surface area contributed by atoms with Crippen molar-refractivity contribution in [3.05, 3.63) is 40.6 Å². The van der Waals surface area contributed by atoms with Crippen LogP contribution in [0.2, 0.25) is 0 Å². The molecule has 0 spiro atoms. The van der Waals surface area contributed by atoms with Gasteiger partial charge in [0.15, 0.2) is 0 Å². The molecule has 80 valence electrons. The largest absolute Gasteiger partial charge is 0.306 e. The molecule has 0 fully saturated rings. The van der Waals surface area contributed by atoms with Gasteiger partial charge in [0.25, 0.3) is 5.56 Å². The molecule has 0 aromatic carbocycles. The summed E-state index contributed by atoms with van der Waals surface area (Å²) in [7, 11) is 0. The van der Waals surface area contributed by atoms with Crippen LogP contribution in [0.4, 0.5) is 0 Å². The molecule has 0 unspecified atom stereocenters. The first kappa shape index (κ1) is 9.08. The van der Waals surface area contributed by atoms with E-state index in [1.807, 2.05) is 10.8 Å². The second kappa shape index (κ2) is 3.44. The number of aromatic amines is 1. The third kappa shape index (κ3) is 1.37. The monoisotopic (exact) mass is 214 g/mol. The highest BCUT2D eigenvalue weighted by Crippen LogP contribution is 2.22. The quantitative estimate of drug-likeness (QED) is 0.771. The molecule has 2 aromatic heterocycles. The van der Waals surface area contributed by atoms with Gasteiger partial charge >= 0.3 is 0 Å². The topological polar surface area (TPSA) is 63.6 Å². The van der Waals surface area contributed by atoms with Crippen LogP contribution in [-0.2, 0) is 6.54 Å². The molecule has 1 aliphatic rings. The van der Waals surface area contributed by atoms with Crippen molar-refractivity contribution < 1.29 is 0 Å². The Labute approximate surface area is 91.5 Å². The Bertz CT molecular complexity index is 608. The predicted molar refractivity (Wildman–Crippen MR) is 59.7 cm³/mol. The number of nitrogens with zero attached hydrogens (tertiary/aromatic N) is 3. The molecule has 0 atom stereocenters. The zero-order valence-electron chi connectivity index (χ0n) is 8.55. The van der Waals surface area contributed by atoms with Crippen molar-refractivity contribution in [2.24, 2.45) is 0 Å². The summed E-state index contributed by atoms with van der Waals surface area (Å²) in [5.74, 6) is 0.570. The van der Waals surface area contributed by atoms with E-state index in [9.17, 15) is 4.79 Å². The summed E-state index contributed by atoms with van der Waals surface area (Å²) in [6.07, 6.45) is 8.35. The average Bonchev–Trinajstić information content (AvgIpc) is 2.72. The molecule has 1 aliphatic heterocycles. The summed E-state index contributed by atoms with van der Waals surface area (Å²) < 4.78 is 1.92. The van der Waals surface area contributed by atoms with Gasteiger partial charge in [0, 0.05) is 18.8 Å². The number of nitrogens with one attached hydrogen (secondary N) is 1. The van der Waals surface area contributed by atoms with Gasteiger partial charge in [-0.25, -0.2) is 4.98 Å². The zero-order valence-corrected chi connectivity index (χ0v) is 8.55. The van der Waals surface area contributed by atoms with Crippen molar-refractivity contribution in [2.75, 3.05) is 0 Å². The maximum atomic E-state index is 11.2. The second-order valence-corrected chi connectivity index (χ2v) is 3.64. The summed E-state index contributed by atoms with van der Waals surface area (Å²) >= 11 is 0. The number of aromatic nitrogens is 4. The van der Waals surface area contributed by atoms with Crippen LogP contribution in [0.5, 0.6) is 0 Å². The lowest BCUT2D eigenvalue weighted by Gasteiger charge is -2.08. The molecule has 0 saturated carbocycles. The first-order chi connectivity index (χ1) is 7.84. The number of fused-ring (bicyclic) bond motifs is 1. The van der Waals surface area contributed by atoms with E-state index in [4.69, 9.17) is 0 Å². The molecule has 16 heavy (non-hydrogen) atoms. The van der Waals surface area contributed by atoms with E-state index >= 15 is 0 Å². The van der Waals surface area contributed by atoms with Crippen molar-refractivity contribution in [3.63, 3.8) is 0 Å². The first-order valence-corrected chi connectivity index (χ1v) is 5.12. The highest BCUT2D eigenvalue weighted by Gasteiger charge is 2.13. The summed E-state index contributed by atoms with van der Waals surface area (Å²) in [5, 5.41) is 4.27. The van der Waals surface area contributed by atoms with Gasteiger partial charge < -0.3 is 4.98 Å². The number of hydrogen-bond acceptors (Lipinski definition) is 3. The van der Waals surface area contributed by atoms with Gasteiger partial charge in [-0.15, -0.1) is 0 Å². The number of rotatable bonds is 1. The lowest BCUT2D eigenvalue weighted by molar-refractivity contribution is 0.610. The minimum absolute atomic E-state index is 0.148. The van der Waals surface area contributed by atoms with Crippen LogP contribution in [0.3, 0.4) is 0 Å². The van der Waals surface area contributed by atoms with Crippen LogP contribution in [0, 0.1) is 0 Å². The van der Waals surface area contributed by atoms with Crippen LogP contribution >= 0.6 is 0 Å². The van der Waals surface area contributed by atoms with Crippen molar-refractivity contribution in [2.45, 2.75) is 13.0 Å². The molecule has 3 rings (SSSR count). The van der Waals surface area contributed by atoms with E-state index in [1.165, 1.54) is 12.3 Å². The van der Waals surface area contributed by atoms with E-state index < -0.39 is 0 Å². The third-order valence-electron chi connectivity index (χ3n) is 2.59. The van der Waals surface area contributed by atoms with Gasteiger partial charge in [0.1, 0.15) is 5.82 Å². The summed E-state index contributed by atoms with van der Waals surface area (Å²) in [6, 6.07) is 1.40. The molecular formula is C11H10N4O. The Hall–Kier alpha value is -2.17. The fourth-order valence-electron chi connectivity index (χ4n) is 1.83. The fourth-order valence-corrected chi connectivity index (χ4v) is 1.83. The number of aryl methyl sites for hydroxylation is 1. The average molecular weight is 214 g/mol. The van der Waals surface area contributed by atoms with Gasteiger partial charge in [0.2, 0.25) is 0 Å². The maximum Gasteiger partial charge on any atom is 0.251 e. The summed E-state index contributed by atoms with van der Waals surface area (Å²) in [6.45, 7) is 0.878. The van der Waals surface area contributed by atoms with Crippen LogP contribution in [0.25, 0.3) is 17.5 Å². The Morgan fingerprint density at radius 2 is 2.38 bits per heavy atom. The number of allylic oxidation sites excluding steroid dienone is 1. The normalized spacial score (nSPS) is 13.8. The SMILES string of the molecule is O=c1ccnc(-c2cnn3c2C=CCC3)[nH]1. The zero-order chi connectivity index (χ0) is 11.0. The highest BCUT2D eigenvalue weighted by molar-refractivity contribution is 5.68. The van der Waals surface area contributed by atoms with E-state index in [-0.39, 0.29) is 5.56 Å². The van der Waals surface area contributed by atoms with E-state index in [2.05, 4.69) is 21.1 Å². The van der Waals surface area contributed by atoms with Gasteiger partial charge in [-0.3, -0.25) is 9.48 Å². The molecule has 2 aromatic rings. The van der Waals surface area contributed by atoms with Crippen LogP contribution in [-0.4, -0.2) is 19.7 Å². The first-order valence-electron chi connectivity index (χ1n) is 5.12. The van der Waals surface area contributed by atoms with Gasteiger partial charge in [-0.1, -0.05) is 6.08 Å². The maximum absolute atomic E-state index is 11.2. The van der Waals surface area contributed by atoms with Gasteiger partial charge in [0.05, 0.1) is 17.5 Å². The standard InChI is InChI=1S/C11H10N4O/c16-10-4-5-12-11(14-10)8-7-13-15-6-2-1-3-9(8)15/h1,3-5,7H,2,6H2,(H,12,14,16). The lowest BCUT2D eigenvalue weighted by Crippen LogP contribution is -2.08. The Balaban J connectivity index is 2.18. The van der Waals surface area contributed by atoms with Gasteiger partial charge in [-0.05, 0) is 12.5 Å². The minimum atomic E-state index is -0.148.